The number of carboxylic acid groups (broad SMARTS) is 1. The van der Waals surface area contributed by atoms with Gasteiger partial charge >= 0.3 is 5.97 Å². The molecule has 0 aromatic rings. The predicted molar refractivity (Wildman–Crippen MR) is 79.6 cm³/mol. The van der Waals surface area contributed by atoms with Gasteiger partial charge in [0, 0.05) is 0 Å². The lowest BCUT2D eigenvalue weighted by Gasteiger charge is -2.17. The Hall–Kier alpha value is -1.71. The maximum absolute atomic E-state index is 11.6. The topological polar surface area (TPSA) is 157 Å². The molecule has 0 fully saturated rings. The minimum Gasteiger partial charge on any atom is -0.480 e. The zero-order valence-electron chi connectivity index (χ0n) is 13.0. The minimum atomic E-state index is -1.19. The average Bonchev–Trinajstić information content (AvgIpc) is 2.43. The summed E-state index contributed by atoms with van der Waals surface area (Å²) in [7, 11) is 0. The average molecular weight is 318 g/mol. The van der Waals surface area contributed by atoms with Gasteiger partial charge in [-0.2, -0.15) is 0 Å². The largest absolute Gasteiger partial charge is 0.480 e. The lowest BCUT2D eigenvalue weighted by Crippen LogP contribution is -2.49. The smallest absolute Gasteiger partial charge is 0.326 e. The van der Waals surface area contributed by atoms with Crippen LogP contribution in [0, 0.1) is 5.92 Å². The van der Waals surface area contributed by atoms with Crippen molar-refractivity contribution < 1.29 is 24.2 Å². The van der Waals surface area contributed by atoms with Gasteiger partial charge in [0.15, 0.2) is 6.23 Å². The fraction of sp³-hybridized carbons (Fsp3) is 0.769. The summed E-state index contributed by atoms with van der Waals surface area (Å²) in [6, 6.07) is -0.987. The third kappa shape index (κ3) is 9.27. The summed E-state index contributed by atoms with van der Waals surface area (Å²) in [4.78, 5) is 34.2. The molecule has 9 heteroatoms. The maximum atomic E-state index is 11.6. The summed E-state index contributed by atoms with van der Waals surface area (Å²) in [5.41, 5.74) is 10.7. The van der Waals surface area contributed by atoms with E-state index in [0.717, 1.165) is 0 Å². The summed E-state index contributed by atoms with van der Waals surface area (Å²) in [5, 5.41) is 13.6. The molecule has 7 N–H and O–H groups in total. The van der Waals surface area contributed by atoms with Crippen molar-refractivity contribution in [2.24, 2.45) is 17.4 Å². The first-order valence-electron chi connectivity index (χ1n) is 7.15. The van der Waals surface area contributed by atoms with Gasteiger partial charge in [0.2, 0.25) is 5.91 Å². The molecule has 0 radical (unpaired) electrons. The first-order chi connectivity index (χ1) is 10.3. The monoisotopic (exact) mass is 318 g/mol. The molecule has 0 rings (SSSR count). The SMILES string of the molecule is CC(C)C[C@H](NC(=O)CNC(=O)[C@@H](N)OCCCN)C(=O)O. The van der Waals surface area contributed by atoms with Crippen molar-refractivity contribution in [3.05, 3.63) is 0 Å². The highest BCUT2D eigenvalue weighted by Gasteiger charge is 2.21. The Labute approximate surface area is 129 Å². The Morgan fingerprint density at radius 3 is 2.41 bits per heavy atom. The molecule has 128 valence electrons. The van der Waals surface area contributed by atoms with E-state index in [4.69, 9.17) is 21.3 Å². The first-order valence-corrected chi connectivity index (χ1v) is 7.15. The molecule has 0 saturated heterocycles. The summed E-state index contributed by atoms with van der Waals surface area (Å²) in [5.74, 6) is -2.26. The van der Waals surface area contributed by atoms with Gasteiger partial charge in [-0.05, 0) is 25.3 Å². The van der Waals surface area contributed by atoms with E-state index in [1.54, 1.807) is 0 Å². The molecule has 2 atom stereocenters. The van der Waals surface area contributed by atoms with Crippen LogP contribution in [0.15, 0.2) is 0 Å². The molecular weight excluding hydrogens is 292 g/mol. The van der Waals surface area contributed by atoms with Crippen molar-refractivity contribution >= 4 is 17.8 Å². The van der Waals surface area contributed by atoms with Crippen LogP contribution in [0.5, 0.6) is 0 Å². The van der Waals surface area contributed by atoms with Crippen molar-refractivity contribution in [2.75, 3.05) is 19.7 Å². The van der Waals surface area contributed by atoms with E-state index in [2.05, 4.69) is 10.6 Å². The van der Waals surface area contributed by atoms with Crippen LogP contribution in [0.2, 0.25) is 0 Å². The van der Waals surface area contributed by atoms with Crippen LogP contribution in [-0.2, 0) is 19.1 Å². The van der Waals surface area contributed by atoms with Crippen LogP contribution in [0.25, 0.3) is 0 Å². The molecule has 0 saturated carbocycles. The van der Waals surface area contributed by atoms with Crippen molar-refractivity contribution in [1.82, 2.24) is 10.6 Å². The van der Waals surface area contributed by atoms with E-state index in [1.165, 1.54) is 0 Å². The number of ether oxygens (including phenoxy) is 1. The van der Waals surface area contributed by atoms with Gasteiger partial charge in [0.25, 0.3) is 5.91 Å². The van der Waals surface area contributed by atoms with Crippen molar-refractivity contribution in [3.8, 4) is 0 Å². The molecule has 0 aromatic carbocycles. The summed E-state index contributed by atoms with van der Waals surface area (Å²) < 4.78 is 5.01. The Morgan fingerprint density at radius 1 is 1.27 bits per heavy atom. The fourth-order valence-electron chi connectivity index (χ4n) is 1.58. The number of nitrogens with two attached hydrogens (primary N) is 2. The molecule has 0 aromatic heterocycles. The number of hydrogen-bond acceptors (Lipinski definition) is 6. The summed E-state index contributed by atoms with van der Waals surface area (Å²) in [6.07, 6.45) is -0.321. The van der Waals surface area contributed by atoms with E-state index in [0.29, 0.717) is 19.4 Å². The number of carbonyl (C=O) groups excluding carboxylic acids is 2. The molecule has 2 amide bonds. The number of aliphatic carboxylic acids is 1. The summed E-state index contributed by atoms with van der Waals surface area (Å²) >= 11 is 0. The number of carboxylic acids is 1. The first kappa shape index (κ1) is 20.3. The number of amides is 2. The lowest BCUT2D eigenvalue weighted by molar-refractivity contribution is -0.142. The zero-order chi connectivity index (χ0) is 17.1. The Kier molecular flexibility index (Phi) is 10.1. The summed E-state index contributed by atoms with van der Waals surface area (Å²) in [6.45, 7) is 3.99. The molecule has 22 heavy (non-hydrogen) atoms. The van der Waals surface area contributed by atoms with Gasteiger partial charge in [-0.25, -0.2) is 4.79 Å². The Morgan fingerprint density at radius 2 is 1.91 bits per heavy atom. The third-order valence-electron chi connectivity index (χ3n) is 2.67. The van der Waals surface area contributed by atoms with Crippen molar-refractivity contribution in [1.29, 1.82) is 0 Å². The molecule has 0 spiro atoms. The van der Waals surface area contributed by atoms with Crippen molar-refractivity contribution in [3.63, 3.8) is 0 Å². The number of rotatable bonds is 11. The number of nitrogens with one attached hydrogen (secondary N) is 2. The molecule has 0 unspecified atom stereocenters. The highest BCUT2D eigenvalue weighted by molar-refractivity contribution is 5.88. The van der Waals surface area contributed by atoms with Crippen molar-refractivity contribution in [2.45, 2.75) is 39.0 Å². The van der Waals surface area contributed by atoms with Gasteiger partial charge in [-0.15, -0.1) is 0 Å². The van der Waals surface area contributed by atoms with Crippen LogP contribution in [-0.4, -0.2) is 54.9 Å². The van der Waals surface area contributed by atoms with E-state index < -0.39 is 30.1 Å². The molecule has 0 aliphatic rings. The van der Waals surface area contributed by atoms with Gasteiger partial charge < -0.3 is 26.2 Å². The highest BCUT2D eigenvalue weighted by Crippen LogP contribution is 2.04. The highest BCUT2D eigenvalue weighted by atomic mass is 16.5. The van der Waals surface area contributed by atoms with Gasteiger partial charge in [-0.1, -0.05) is 13.8 Å². The number of hydrogen-bond donors (Lipinski definition) is 5. The Balaban J connectivity index is 4.14. The van der Waals surface area contributed by atoms with Crippen LogP contribution in [0.4, 0.5) is 0 Å². The van der Waals surface area contributed by atoms with E-state index in [9.17, 15) is 14.4 Å². The normalized spacial score (nSPS) is 13.5. The van der Waals surface area contributed by atoms with E-state index >= 15 is 0 Å². The Bertz CT molecular complexity index is 375. The predicted octanol–water partition coefficient (Wildman–Crippen LogP) is -1.63. The van der Waals surface area contributed by atoms with Crippen LogP contribution in [0.3, 0.4) is 0 Å². The van der Waals surface area contributed by atoms with Gasteiger partial charge in [0.05, 0.1) is 13.2 Å². The molecular formula is C13H26N4O5. The fourth-order valence-corrected chi connectivity index (χ4v) is 1.58. The standard InChI is InChI=1S/C13H26N4O5/c1-8(2)6-9(13(20)21)17-10(18)7-16-12(19)11(15)22-5-3-4-14/h8-9,11H,3-7,14-15H2,1-2H3,(H,16,19)(H,17,18)(H,20,21)/t9-,11-/m0/s1. The maximum Gasteiger partial charge on any atom is 0.326 e. The quantitative estimate of drug-likeness (QED) is 0.226. The molecule has 0 bridgehead atoms. The zero-order valence-corrected chi connectivity index (χ0v) is 13.0. The lowest BCUT2D eigenvalue weighted by atomic mass is 10.0. The van der Waals surface area contributed by atoms with Gasteiger partial charge in [0.1, 0.15) is 6.04 Å². The van der Waals surface area contributed by atoms with Gasteiger partial charge in [-0.3, -0.25) is 15.3 Å². The second-order valence-electron chi connectivity index (χ2n) is 5.24. The van der Waals surface area contributed by atoms with Crippen LogP contribution in [0.1, 0.15) is 26.7 Å². The van der Waals surface area contributed by atoms with Crippen LogP contribution >= 0.6 is 0 Å². The van der Waals surface area contributed by atoms with Crippen LogP contribution < -0.4 is 22.1 Å². The number of carbonyl (C=O) groups is 3. The molecule has 0 aliphatic heterocycles. The molecule has 0 aliphatic carbocycles. The third-order valence-corrected chi connectivity index (χ3v) is 2.67. The minimum absolute atomic E-state index is 0.111. The second-order valence-corrected chi connectivity index (χ2v) is 5.24. The molecule has 0 heterocycles. The molecule has 9 nitrogen and oxygen atoms in total. The van der Waals surface area contributed by atoms with E-state index in [-0.39, 0.29) is 19.1 Å². The second kappa shape index (κ2) is 10.9. The van der Waals surface area contributed by atoms with E-state index in [1.807, 2.05) is 13.8 Å².